The molecule has 0 fully saturated rings. The minimum absolute atomic E-state index is 0.895. The van der Waals surface area contributed by atoms with E-state index in [0.29, 0.717) is 0 Å². The van der Waals surface area contributed by atoms with Gasteiger partial charge >= 0.3 is 0 Å². The normalized spacial score (nSPS) is 11.7. The fraction of sp³-hybridized carbons (Fsp3) is 0. The van der Waals surface area contributed by atoms with Gasteiger partial charge in [0, 0.05) is 49.7 Å². The van der Waals surface area contributed by atoms with E-state index in [1.165, 1.54) is 43.8 Å². The van der Waals surface area contributed by atoms with Gasteiger partial charge in [0.15, 0.2) is 0 Å². The summed E-state index contributed by atoms with van der Waals surface area (Å²) < 4.78 is 12.9. The van der Waals surface area contributed by atoms with Gasteiger partial charge in [0.25, 0.3) is 0 Å². The summed E-state index contributed by atoms with van der Waals surface area (Å²) in [4.78, 5) is 2.34. The van der Waals surface area contributed by atoms with Crippen molar-refractivity contribution in [2.75, 3.05) is 4.90 Å². The zero-order valence-corrected chi connectivity index (χ0v) is 38.6. The predicted molar refractivity (Wildman–Crippen MR) is 298 cm³/mol. The van der Waals surface area contributed by atoms with Crippen LogP contribution in [0.4, 0.5) is 17.1 Å². The minimum atomic E-state index is 0.895. The number of para-hydroxylation sites is 4. The highest BCUT2D eigenvalue weighted by Crippen LogP contribution is 2.47. The Bertz CT molecular complexity index is 4140. The molecule has 2 heterocycles. The first-order chi connectivity index (χ1) is 35.2. The standard InChI is InChI=1S/C68H43NO2/c1-3-15-47(16-4-1)65-59-22-8-7-19-55(59)56-42-35-49(43-62(56)66(65)48-17-5-2-6-18-48)44-29-36-50(37-30-44)69(51-38-31-45(32-39-51)53-23-13-25-60-57-20-9-11-27-63(57)70-67(53)60)52-40-33-46(34-41-52)54-24-14-26-61-58-21-10-12-28-64(58)71-68(54)61/h1-43H. The van der Waals surface area contributed by atoms with Gasteiger partial charge in [-0.3, -0.25) is 0 Å². The molecule has 71 heavy (non-hydrogen) atoms. The third kappa shape index (κ3) is 6.82. The number of hydrogen-bond acceptors (Lipinski definition) is 3. The van der Waals surface area contributed by atoms with Crippen LogP contribution in [-0.2, 0) is 0 Å². The molecule has 0 unspecified atom stereocenters. The van der Waals surface area contributed by atoms with E-state index in [2.05, 4.69) is 241 Å². The van der Waals surface area contributed by atoms with Crippen molar-refractivity contribution in [1.29, 1.82) is 0 Å². The quantitative estimate of drug-likeness (QED) is 0.142. The van der Waals surface area contributed by atoms with Gasteiger partial charge < -0.3 is 13.7 Å². The van der Waals surface area contributed by atoms with Gasteiger partial charge in [-0.05, 0) is 121 Å². The Hall–Kier alpha value is -9.44. The van der Waals surface area contributed by atoms with Crippen molar-refractivity contribution in [2.24, 2.45) is 0 Å². The second-order valence-electron chi connectivity index (χ2n) is 18.3. The summed E-state index contributed by atoms with van der Waals surface area (Å²) in [5.74, 6) is 0. The fourth-order valence-electron chi connectivity index (χ4n) is 11.0. The van der Waals surface area contributed by atoms with Crippen LogP contribution in [0, 0.1) is 0 Å². The van der Waals surface area contributed by atoms with Gasteiger partial charge in [-0.2, -0.15) is 0 Å². The van der Waals surface area contributed by atoms with Crippen LogP contribution in [0.5, 0.6) is 0 Å². The SMILES string of the molecule is c1ccc(-c2c(-c3ccccc3)c3cc(-c4ccc(N(c5ccc(-c6cccc7c6oc6ccccc67)cc5)c5ccc(-c6cccc7c6oc6ccccc67)cc5)cc4)ccc3c3ccccc23)cc1. The highest BCUT2D eigenvalue weighted by molar-refractivity contribution is 6.22. The third-order valence-electron chi connectivity index (χ3n) is 14.3. The van der Waals surface area contributed by atoms with Crippen molar-refractivity contribution in [3.05, 3.63) is 261 Å². The Morgan fingerprint density at radius 3 is 1.11 bits per heavy atom. The molecule has 0 radical (unpaired) electrons. The molecule has 14 aromatic rings. The lowest BCUT2D eigenvalue weighted by Crippen LogP contribution is -2.09. The lowest BCUT2D eigenvalue weighted by atomic mass is 9.84. The first kappa shape index (κ1) is 40.6. The zero-order chi connectivity index (χ0) is 46.8. The Balaban J connectivity index is 0.887. The molecule has 3 nitrogen and oxygen atoms in total. The summed E-state index contributed by atoms with van der Waals surface area (Å²) in [5.41, 5.74) is 18.3. The van der Waals surface area contributed by atoms with Crippen LogP contribution in [-0.4, -0.2) is 0 Å². The number of rotatable bonds is 8. The van der Waals surface area contributed by atoms with Crippen LogP contribution in [0.25, 0.3) is 121 Å². The van der Waals surface area contributed by atoms with Crippen LogP contribution in [0.15, 0.2) is 270 Å². The number of fused-ring (bicyclic) bond motifs is 9. The number of benzene rings is 12. The van der Waals surface area contributed by atoms with Gasteiger partial charge in [-0.1, -0.05) is 206 Å². The molecule has 12 aromatic carbocycles. The minimum Gasteiger partial charge on any atom is -0.455 e. The number of anilines is 3. The molecule has 2 aromatic heterocycles. The van der Waals surface area contributed by atoms with Crippen LogP contribution in [0.2, 0.25) is 0 Å². The molecule has 332 valence electrons. The maximum atomic E-state index is 6.47. The molecule has 0 N–H and O–H groups in total. The Labute approximate surface area is 410 Å². The van der Waals surface area contributed by atoms with E-state index in [1.807, 2.05) is 24.3 Å². The van der Waals surface area contributed by atoms with Crippen molar-refractivity contribution >= 4 is 82.5 Å². The summed E-state index contributed by atoms with van der Waals surface area (Å²) in [5, 5.41) is 9.47. The molecule has 14 rings (SSSR count). The maximum Gasteiger partial charge on any atom is 0.143 e. The van der Waals surface area contributed by atoms with Gasteiger partial charge in [0.05, 0.1) is 0 Å². The number of furan rings is 2. The molecule has 0 aliphatic heterocycles. The molecular weight excluding hydrogens is 863 g/mol. The fourth-order valence-corrected chi connectivity index (χ4v) is 11.0. The zero-order valence-electron chi connectivity index (χ0n) is 38.6. The molecule has 0 amide bonds. The Kier molecular flexibility index (Phi) is 9.53. The van der Waals surface area contributed by atoms with Crippen molar-refractivity contribution in [2.45, 2.75) is 0 Å². The summed E-state index contributed by atoms with van der Waals surface area (Å²) >= 11 is 0. The van der Waals surface area contributed by atoms with Crippen molar-refractivity contribution < 1.29 is 8.83 Å². The second kappa shape index (κ2) is 16.7. The first-order valence-electron chi connectivity index (χ1n) is 24.2. The average Bonchev–Trinajstić information content (AvgIpc) is 4.03. The summed E-state index contributed by atoms with van der Waals surface area (Å²) in [6.45, 7) is 0. The largest absolute Gasteiger partial charge is 0.455 e. The topological polar surface area (TPSA) is 29.5 Å². The van der Waals surface area contributed by atoms with Crippen LogP contribution >= 0.6 is 0 Å². The van der Waals surface area contributed by atoms with E-state index in [1.54, 1.807) is 0 Å². The van der Waals surface area contributed by atoms with E-state index in [-0.39, 0.29) is 0 Å². The van der Waals surface area contributed by atoms with Crippen molar-refractivity contribution in [3.63, 3.8) is 0 Å². The molecule has 0 spiro atoms. The van der Waals surface area contributed by atoms with Crippen LogP contribution < -0.4 is 4.90 Å². The van der Waals surface area contributed by atoms with Gasteiger partial charge in [-0.15, -0.1) is 0 Å². The van der Waals surface area contributed by atoms with Gasteiger partial charge in [0.2, 0.25) is 0 Å². The van der Waals surface area contributed by atoms with Crippen molar-refractivity contribution in [1.82, 2.24) is 0 Å². The summed E-state index contributed by atoms with van der Waals surface area (Å²) in [7, 11) is 0. The van der Waals surface area contributed by atoms with E-state index in [9.17, 15) is 0 Å². The third-order valence-corrected chi connectivity index (χ3v) is 14.3. The molecule has 0 aliphatic carbocycles. The van der Waals surface area contributed by atoms with Crippen LogP contribution in [0.3, 0.4) is 0 Å². The van der Waals surface area contributed by atoms with Crippen molar-refractivity contribution in [3.8, 4) is 55.6 Å². The second-order valence-corrected chi connectivity index (χ2v) is 18.3. The maximum absolute atomic E-state index is 6.47. The Morgan fingerprint density at radius 2 is 0.606 bits per heavy atom. The Morgan fingerprint density at radius 1 is 0.225 bits per heavy atom. The monoisotopic (exact) mass is 905 g/mol. The molecule has 0 atom stereocenters. The van der Waals surface area contributed by atoms with E-state index in [4.69, 9.17) is 8.83 Å². The molecule has 0 aliphatic rings. The highest BCUT2D eigenvalue weighted by Gasteiger charge is 2.20. The highest BCUT2D eigenvalue weighted by atomic mass is 16.3. The van der Waals surface area contributed by atoms with E-state index >= 15 is 0 Å². The molecule has 0 bridgehead atoms. The average molecular weight is 906 g/mol. The summed E-state index contributed by atoms with van der Waals surface area (Å²) in [6, 6.07) is 93.6. The molecule has 0 saturated carbocycles. The molecule has 3 heteroatoms. The molecular formula is C68H43NO2. The number of nitrogens with zero attached hydrogens (tertiary/aromatic N) is 1. The molecule has 0 saturated heterocycles. The van der Waals surface area contributed by atoms with E-state index < -0.39 is 0 Å². The summed E-state index contributed by atoms with van der Waals surface area (Å²) in [6.07, 6.45) is 0. The van der Waals surface area contributed by atoms with Gasteiger partial charge in [0.1, 0.15) is 22.3 Å². The first-order valence-corrected chi connectivity index (χ1v) is 24.2. The lowest BCUT2D eigenvalue weighted by molar-refractivity contribution is 0.669. The van der Waals surface area contributed by atoms with Gasteiger partial charge in [-0.25, -0.2) is 0 Å². The smallest absolute Gasteiger partial charge is 0.143 e. The van der Waals surface area contributed by atoms with Crippen LogP contribution in [0.1, 0.15) is 0 Å². The predicted octanol–water partition coefficient (Wildman–Crippen LogP) is 19.6. The lowest BCUT2D eigenvalue weighted by Gasteiger charge is -2.26. The number of hydrogen-bond donors (Lipinski definition) is 0. The van der Waals surface area contributed by atoms with E-state index in [0.717, 1.165) is 94.3 Å².